The average Bonchev–Trinajstić information content (AvgIpc) is 2.99. The molecule has 4 nitrogen and oxygen atoms in total. The van der Waals surface area contributed by atoms with Gasteiger partial charge in [0, 0.05) is 0 Å². The van der Waals surface area contributed by atoms with Gasteiger partial charge in [-0.2, -0.15) is 0 Å². The molecule has 0 bridgehead atoms. The van der Waals surface area contributed by atoms with Crippen molar-refractivity contribution >= 4 is 24.4 Å². The molecular formula is C20H22N2O2Se. The van der Waals surface area contributed by atoms with Gasteiger partial charge < -0.3 is 0 Å². The second kappa shape index (κ2) is 7.20. The molecule has 0 radical (unpaired) electrons. The van der Waals surface area contributed by atoms with Crippen LogP contribution < -0.4 is 10.3 Å². The van der Waals surface area contributed by atoms with Crippen LogP contribution in [0.2, 0.25) is 0 Å². The van der Waals surface area contributed by atoms with Gasteiger partial charge in [-0.3, -0.25) is 0 Å². The number of ether oxygens (including phenoxy) is 1. The van der Waals surface area contributed by atoms with Crippen LogP contribution in [0.15, 0.2) is 53.3 Å². The topological polar surface area (TPSA) is 34.5 Å². The molecule has 0 N–H and O–H groups in total. The second-order valence-electron chi connectivity index (χ2n) is 6.58. The van der Waals surface area contributed by atoms with E-state index in [0.29, 0.717) is 6.04 Å². The van der Waals surface area contributed by atoms with Gasteiger partial charge >= 0.3 is 153 Å². The number of rotatable bonds is 4. The van der Waals surface area contributed by atoms with Crippen molar-refractivity contribution < 1.29 is 4.74 Å². The third-order valence-corrected chi connectivity index (χ3v) is 7.50. The number of hydrogen-bond donors (Lipinski definition) is 0. The maximum atomic E-state index is 12.8. The van der Waals surface area contributed by atoms with E-state index in [4.69, 9.17) is 4.74 Å². The van der Waals surface area contributed by atoms with E-state index in [0.717, 1.165) is 43.6 Å². The minimum absolute atomic E-state index is 0.102. The molecule has 0 saturated carbocycles. The van der Waals surface area contributed by atoms with Gasteiger partial charge in [0.25, 0.3) is 0 Å². The molecule has 0 amide bonds. The molecule has 2 heterocycles. The zero-order valence-electron chi connectivity index (χ0n) is 14.4. The van der Waals surface area contributed by atoms with Crippen molar-refractivity contribution in [2.45, 2.75) is 25.4 Å². The molecule has 1 aromatic heterocycles. The number of likely N-dealkylation sites (tertiary alicyclic amines) is 1. The van der Waals surface area contributed by atoms with Crippen LogP contribution in [-0.2, 0) is 6.54 Å². The Balaban J connectivity index is 1.48. The summed E-state index contributed by atoms with van der Waals surface area (Å²) in [5, 5.41) is 0.839. The Morgan fingerprint density at radius 1 is 1.12 bits per heavy atom. The fourth-order valence-corrected chi connectivity index (χ4v) is 5.91. The number of fused-ring (bicyclic) bond motifs is 1. The summed E-state index contributed by atoms with van der Waals surface area (Å²) in [7, 11) is 1.65. The van der Waals surface area contributed by atoms with Gasteiger partial charge in [-0.15, -0.1) is 0 Å². The first-order chi connectivity index (χ1) is 12.2. The molecule has 3 aromatic rings. The Morgan fingerprint density at radius 2 is 1.88 bits per heavy atom. The predicted octanol–water partition coefficient (Wildman–Crippen LogP) is 2.90. The fourth-order valence-electron chi connectivity index (χ4n) is 3.54. The molecule has 1 aliphatic heterocycles. The van der Waals surface area contributed by atoms with E-state index in [2.05, 4.69) is 44.9 Å². The van der Waals surface area contributed by atoms with Crippen LogP contribution in [0.4, 0.5) is 0 Å². The third-order valence-electron chi connectivity index (χ3n) is 4.95. The van der Waals surface area contributed by atoms with E-state index in [-0.39, 0.29) is 20.3 Å². The van der Waals surface area contributed by atoms with E-state index in [1.807, 2.05) is 12.1 Å². The van der Waals surface area contributed by atoms with Crippen LogP contribution in [0.1, 0.15) is 24.4 Å². The Hall–Kier alpha value is -1.81. The monoisotopic (exact) mass is 402 g/mol. The molecule has 0 unspecified atom stereocenters. The van der Waals surface area contributed by atoms with Gasteiger partial charge in [-0.25, -0.2) is 0 Å². The van der Waals surface area contributed by atoms with Gasteiger partial charge in [-0.1, -0.05) is 0 Å². The number of aromatic nitrogens is 1. The van der Waals surface area contributed by atoms with Crippen molar-refractivity contribution in [1.82, 2.24) is 8.46 Å². The summed E-state index contributed by atoms with van der Waals surface area (Å²) in [4.78, 5) is 15.3. The quantitative estimate of drug-likeness (QED) is 0.631. The molecule has 1 aliphatic rings. The standard InChI is InChI=1S/C20H22N2O2Se/c1-24-17-7-8-19-18(13-17)20(23)22(25-19)16-9-11-21(12-10-16)14-15-5-3-2-4-6-15/h2-8,13,16H,9-12,14H2,1H3. The molecule has 1 fully saturated rings. The second-order valence-corrected chi connectivity index (χ2v) is 8.71. The van der Waals surface area contributed by atoms with Gasteiger partial charge in [0.2, 0.25) is 0 Å². The molecule has 5 heteroatoms. The summed E-state index contributed by atoms with van der Waals surface area (Å²) in [6.45, 7) is 3.11. The van der Waals surface area contributed by atoms with Gasteiger partial charge in [0.15, 0.2) is 0 Å². The zero-order valence-corrected chi connectivity index (χ0v) is 16.1. The number of hydrogen-bond acceptors (Lipinski definition) is 3. The molecule has 0 aliphatic carbocycles. The third kappa shape index (κ3) is 3.45. The van der Waals surface area contributed by atoms with Crippen molar-refractivity contribution in [2.75, 3.05) is 20.2 Å². The fraction of sp³-hybridized carbons (Fsp3) is 0.350. The predicted molar refractivity (Wildman–Crippen MR) is 102 cm³/mol. The van der Waals surface area contributed by atoms with E-state index >= 15 is 0 Å². The van der Waals surface area contributed by atoms with Gasteiger partial charge in [-0.05, 0) is 0 Å². The molecule has 0 spiro atoms. The Morgan fingerprint density at radius 3 is 2.60 bits per heavy atom. The van der Waals surface area contributed by atoms with Crippen LogP contribution in [0.25, 0.3) is 9.65 Å². The van der Waals surface area contributed by atoms with Gasteiger partial charge in [0.05, 0.1) is 0 Å². The number of methoxy groups -OCH3 is 1. The summed E-state index contributed by atoms with van der Waals surface area (Å²) in [6, 6.07) is 16.9. The molecule has 1 saturated heterocycles. The molecule has 0 atom stereocenters. The Kier molecular flexibility index (Phi) is 4.80. The summed E-state index contributed by atoms with van der Waals surface area (Å²) >= 11 is 0.102. The summed E-state index contributed by atoms with van der Waals surface area (Å²) < 4.78 is 8.58. The number of nitrogens with zero attached hydrogens (tertiary/aromatic N) is 2. The molecule has 130 valence electrons. The molecule has 4 rings (SSSR count). The van der Waals surface area contributed by atoms with E-state index in [1.165, 1.54) is 9.82 Å². The average molecular weight is 401 g/mol. The maximum absolute atomic E-state index is 12.8. The first-order valence-electron chi connectivity index (χ1n) is 8.70. The zero-order chi connectivity index (χ0) is 17.2. The van der Waals surface area contributed by atoms with Crippen LogP contribution in [0.3, 0.4) is 0 Å². The van der Waals surface area contributed by atoms with Crippen molar-refractivity contribution in [1.29, 1.82) is 0 Å². The van der Waals surface area contributed by atoms with Crippen molar-refractivity contribution in [3.8, 4) is 5.75 Å². The molecule has 2 aromatic carbocycles. The Labute approximate surface area is 153 Å². The summed E-state index contributed by atoms with van der Waals surface area (Å²) in [6.07, 6.45) is 2.12. The SMILES string of the molecule is COc1ccc2[se]n(C3CCN(Cc4ccccc4)CC3)c(=O)c2c1. The first kappa shape index (κ1) is 16.6. The molecule has 25 heavy (non-hydrogen) atoms. The summed E-state index contributed by atoms with van der Waals surface area (Å²) in [5.74, 6) is 0.766. The van der Waals surface area contributed by atoms with Crippen LogP contribution >= 0.6 is 0 Å². The Bertz CT molecular complexity index is 908. The molecular weight excluding hydrogens is 379 g/mol. The van der Waals surface area contributed by atoms with Crippen molar-refractivity contribution in [3.05, 3.63) is 64.4 Å². The van der Waals surface area contributed by atoms with Crippen LogP contribution in [0, 0.1) is 0 Å². The van der Waals surface area contributed by atoms with E-state index < -0.39 is 0 Å². The van der Waals surface area contributed by atoms with Crippen LogP contribution in [0.5, 0.6) is 5.75 Å². The van der Waals surface area contributed by atoms with Crippen LogP contribution in [-0.4, -0.2) is 43.4 Å². The number of piperidine rings is 1. The minimum atomic E-state index is 0.102. The van der Waals surface area contributed by atoms with E-state index in [9.17, 15) is 4.79 Å². The normalized spacial score (nSPS) is 16.4. The number of benzene rings is 2. The van der Waals surface area contributed by atoms with E-state index in [1.54, 1.807) is 7.11 Å². The summed E-state index contributed by atoms with van der Waals surface area (Å²) in [5.41, 5.74) is 1.55. The van der Waals surface area contributed by atoms with Gasteiger partial charge in [0.1, 0.15) is 0 Å². The van der Waals surface area contributed by atoms with Crippen molar-refractivity contribution in [3.63, 3.8) is 0 Å². The van der Waals surface area contributed by atoms with Crippen molar-refractivity contribution in [2.24, 2.45) is 0 Å². The first-order valence-corrected chi connectivity index (χ1v) is 10.3.